The van der Waals surface area contributed by atoms with Crippen molar-refractivity contribution in [1.82, 2.24) is 35.3 Å². The molecule has 49 heavy (non-hydrogen) atoms. The van der Waals surface area contributed by atoms with Crippen LogP contribution in [0, 0.1) is 0 Å². The zero-order valence-electron chi connectivity index (χ0n) is 29.5. The summed E-state index contributed by atoms with van der Waals surface area (Å²) in [6, 6.07) is 18.2. The average Bonchev–Trinajstić information content (AvgIpc) is 3.80. The first-order valence-electron chi connectivity index (χ1n) is 15.7. The quantitative estimate of drug-likeness (QED) is 0.111. The maximum atomic E-state index is 12.0. The molecule has 0 aliphatic carbocycles. The minimum absolute atomic E-state index is 0. The van der Waals surface area contributed by atoms with Crippen LogP contribution in [0.25, 0.3) is 32.7 Å². The van der Waals surface area contributed by atoms with Crippen LogP contribution < -0.4 is 10.5 Å². The van der Waals surface area contributed by atoms with Crippen molar-refractivity contribution in [2.24, 2.45) is 10.1 Å². The van der Waals surface area contributed by atoms with E-state index in [1.165, 1.54) is 0 Å². The second kappa shape index (κ2) is 16.8. The number of nitrogens with zero attached hydrogens (tertiary/aromatic N) is 4. The Bertz CT molecular complexity index is 2050. The van der Waals surface area contributed by atoms with E-state index in [1.807, 2.05) is 105 Å². The van der Waals surface area contributed by atoms with E-state index in [9.17, 15) is 8.42 Å². The Balaban J connectivity index is 0.000000201. The van der Waals surface area contributed by atoms with Crippen LogP contribution in [-0.2, 0) is 22.0 Å². The molecule has 11 nitrogen and oxygen atoms in total. The van der Waals surface area contributed by atoms with Crippen molar-refractivity contribution in [3.8, 4) is 0 Å². The molecular weight excluding hydrogens is 678 g/mol. The number of aromatic nitrogens is 6. The molecule has 3 heterocycles. The van der Waals surface area contributed by atoms with Crippen molar-refractivity contribution in [2.45, 2.75) is 83.9 Å². The highest BCUT2D eigenvalue weighted by Gasteiger charge is 2.22. The molecule has 0 amide bonds. The third-order valence-corrected chi connectivity index (χ3v) is 10.6. The van der Waals surface area contributed by atoms with Gasteiger partial charge in [0.25, 0.3) is 0 Å². The van der Waals surface area contributed by atoms with Crippen molar-refractivity contribution < 1.29 is 8.42 Å². The number of rotatable bonds is 6. The van der Waals surface area contributed by atoms with Gasteiger partial charge in [0.2, 0.25) is 0 Å². The minimum Gasteiger partial charge on any atom is -0.324 e. The summed E-state index contributed by atoms with van der Waals surface area (Å²) in [5.41, 5.74) is 12.8. The van der Waals surface area contributed by atoms with Crippen molar-refractivity contribution in [2.75, 3.05) is 0 Å². The molecule has 3 aromatic carbocycles. The number of hydrogen-bond donors (Lipinski definition) is 5. The molecule has 0 fully saturated rings. The lowest BCUT2D eigenvalue weighted by molar-refractivity contribution is 0.616. The van der Waals surface area contributed by atoms with E-state index in [1.54, 1.807) is 18.6 Å². The topological polar surface area (TPSA) is 171 Å². The summed E-state index contributed by atoms with van der Waals surface area (Å²) in [6.07, 6.45) is 5.38. The van der Waals surface area contributed by atoms with Crippen LogP contribution in [0.4, 0.5) is 0 Å². The van der Waals surface area contributed by atoms with Crippen LogP contribution in [0.1, 0.15) is 91.1 Å². The van der Waals surface area contributed by atoms with Crippen LogP contribution in [0.2, 0.25) is 0 Å². The van der Waals surface area contributed by atoms with E-state index in [2.05, 4.69) is 51.8 Å². The largest absolute Gasteiger partial charge is 0.324 e. The molecular formula is C35H48ClN9O2S2. The molecule has 4 atom stereocenters. The molecule has 0 bridgehead atoms. The first kappa shape index (κ1) is 39.7. The van der Waals surface area contributed by atoms with E-state index in [-0.39, 0.29) is 34.0 Å². The molecule has 0 saturated carbocycles. The number of aromatic amines is 3. The number of halogens is 1. The molecule has 6 rings (SSSR count). The fourth-order valence-electron chi connectivity index (χ4n) is 4.36. The number of hydrogen-bond acceptors (Lipinski definition) is 6. The van der Waals surface area contributed by atoms with Crippen LogP contribution >= 0.6 is 12.4 Å². The summed E-state index contributed by atoms with van der Waals surface area (Å²) in [4.78, 5) is 0. The zero-order chi connectivity index (χ0) is 35.2. The molecule has 14 heteroatoms. The number of benzene rings is 3. The minimum atomic E-state index is -1.23. The number of nitrogens with two attached hydrogens (primary N) is 1. The molecule has 0 saturated heterocycles. The highest BCUT2D eigenvalue weighted by atomic mass is 35.5. The van der Waals surface area contributed by atoms with Crippen LogP contribution in [0.3, 0.4) is 0 Å². The second-order valence-electron chi connectivity index (χ2n) is 13.7. The lowest BCUT2D eigenvalue weighted by Gasteiger charge is -2.22. The smallest absolute Gasteiger partial charge is 0.145 e. The monoisotopic (exact) mass is 725 g/mol. The van der Waals surface area contributed by atoms with Gasteiger partial charge in [0.1, 0.15) is 11.0 Å². The summed E-state index contributed by atoms with van der Waals surface area (Å²) >= 11 is 0. The molecule has 6 aromatic rings. The van der Waals surface area contributed by atoms with Gasteiger partial charge in [0.15, 0.2) is 0 Å². The average molecular weight is 726 g/mol. The lowest BCUT2D eigenvalue weighted by atomic mass is 10.1. The Morgan fingerprint density at radius 1 is 0.735 bits per heavy atom. The van der Waals surface area contributed by atoms with E-state index < -0.39 is 22.0 Å². The Morgan fingerprint density at radius 2 is 1.18 bits per heavy atom. The maximum Gasteiger partial charge on any atom is 0.145 e. The fraction of sp³-hybridized carbons (Fsp3) is 0.371. The van der Waals surface area contributed by atoms with Gasteiger partial charge in [0, 0.05) is 28.2 Å². The normalized spacial score (nSPS) is 14.6. The Hall–Kier alpha value is -3.75. The number of nitrogens with one attached hydrogen (secondary N) is 4. The third kappa shape index (κ3) is 10.9. The standard InChI is InChI=1S/C13H19N3OS.C13H17N3OS.C9H11N3.ClH/c2*1-9(16-18(17)13(2,3)4)10-5-6-12-11(7-10)8-14-15-12;1-6(10)7-2-3-9-8(4-7)5-11-12-9;/h5-9,16H,1-4H3,(H,14,15);5-8H,1-4H3,(H,14,15);2-6H,10H2,1H3,(H,11,12);1H/t9-,18-;18-;6-;/m000./s1. The van der Waals surface area contributed by atoms with Gasteiger partial charge in [-0.2, -0.15) is 19.7 Å². The van der Waals surface area contributed by atoms with E-state index >= 15 is 0 Å². The summed E-state index contributed by atoms with van der Waals surface area (Å²) in [5.74, 6) is 0. The van der Waals surface area contributed by atoms with Gasteiger partial charge < -0.3 is 5.73 Å². The molecule has 0 aliphatic rings. The summed E-state index contributed by atoms with van der Waals surface area (Å²) in [7, 11) is -2.29. The molecule has 0 aliphatic heterocycles. The molecule has 6 N–H and O–H groups in total. The third-order valence-electron chi connectivity index (χ3n) is 7.40. The summed E-state index contributed by atoms with van der Waals surface area (Å²) in [5, 5.41) is 23.8. The van der Waals surface area contributed by atoms with Crippen molar-refractivity contribution in [3.05, 3.63) is 89.9 Å². The Morgan fingerprint density at radius 3 is 1.65 bits per heavy atom. The van der Waals surface area contributed by atoms with Gasteiger partial charge in [-0.15, -0.1) is 12.4 Å². The van der Waals surface area contributed by atoms with Gasteiger partial charge in [-0.3, -0.25) is 15.3 Å². The maximum absolute atomic E-state index is 12.0. The van der Waals surface area contributed by atoms with E-state index in [0.717, 1.165) is 55.1 Å². The van der Waals surface area contributed by atoms with Gasteiger partial charge in [-0.1, -0.05) is 18.2 Å². The van der Waals surface area contributed by atoms with Gasteiger partial charge in [-0.25, -0.2) is 13.1 Å². The number of fused-ring (bicyclic) bond motifs is 3. The highest BCUT2D eigenvalue weighted by Crippen LogP contribution is 2.21. The van der Waals surface area contributed by atoms with E-state index in [0.29, 0.717) is 0 Å². The van der Waals surface area contributed by atoms with Gasteiger partial charge in [-0.05, 0) is 115 Å². The second-order valence-corrected chi connectivity index (χ2v) is 17.6. The molecule has 0 unspecified atom stereocenters. The van der Waals surface area contributed by atoms with Crippen molar-refractivity contribution in [1.29, 1.82) is 0 Å². The molecule has 0 radical (unpaired) electrons. The molecule has 264 valence electrons. The van der Waals surface area contributed by atoms with Gasteiger partial charge >= 0.3 is 0 Å². The van der Waals surface area contributed by atoms with Crippen LogP contribution in [0.5, 0.6) is 0 Å². The summed E-state index contributed by atoms with van der Waals surface area (Å²) in [6.45, 7) is 17.5. The van der Waals surface area contributed by atoms with Crippen molar-refractivity contribution >= 4 is 72.8 Å². The predicted molar refractivity (Wildman–Crippen MR) is 208 cm³/mol. The summed E-state index contributed by atoms with van der Waals surface area (Å²) < 4.78 is 30.8. The first-order valence-corrected chi connectivity index (χ1v) is 18.0. The van der Waals surface area contributed by atoms with Crippen LogP contribution in [-0.4, -0.2) is 54.2 Å². The Labute approximate surface area is 299 Å². The van der Waals surface area contributed by atoms with Crippen LogP contribution in [0.15, 0.2) is 77.6 Å². The lowest BCUT2D eigenvalue weighted by Crippen LogP contribution is -2.34. The highest BCUT2D eigenvalue weighted by molar-refractivity contribution is 7.85. The molecule has 3 aromatic heterocycles. The SMILES string of the molecule is CC(=N[S@@](=O)C(C)(C)C)c1ccc2[nH]ncc2c1.C[C@H](N)c1ccc2[nH]ncc2c1.C[C@H](N[S@@](=O)C(C)(C)C)c1ccc2[nH]ncc2c1.Cl. The predicted octanol–water partition coefficient (Wildman–Crippen LogP) is 7.51. The zero-order valence-corrected chi connectivity index (χ0v) is 31.9. The molecule has 0 spiro atoms. The fourth-order valence-corrected chi connectivity index (χ4v) is 5.80. The Kier molecular flexibility index (Phi) is 13.6. The van der Waals surface area contributed by atoms with Crippen molar-refractivity contribution in [3.63, 3.8) is 0 Å². The first-order chi connectivity index (χ1) is 22.5. The number of H-pyrrole nitrogens is 3. The van der Waals surface area contributed by atoms with E-state index in [4.69, 9.17) is 5.73 Å². The van der Waals surface area contributed by atoms with Gasteiger partial charge in [0.05, 0.1) is 61.3 Å².